The zero-order valence-corrected chi connectivity index (χ0v) is 16.3. The van der Waals surface area contributed by atoms with E-state index in [0.29, 0.717) is 39.0 Å². The zero-order chi connectivity index (χ0) is 18.8. The molecule has 0 unspecified atom stereocenters. The van der Waals surface area contributed by atoms with Crippen LogP contribution in [0.2, 0.25) is 0 Å². The Balaban J connectivity index is 1.82. The van der Waals surface area contributed by atoms with E-state index in [4.69, 9.17) is 4.74 Å². The fraction of sp³-hybridized carbons (Fsp3) is 0.722. The van der Waals surface area contributed by atoms with Crippen LogP contribution in [0.15, 0.2) is 0 Å². The van der Waals surface area contributed by atoms with Crippen LogP contribution in [0.3, 0.4) is 0 Å². The van der Waals surface area contributed by atoms with Crippen molar-refractivity contribution >= 4 is 12.0 Å². The first-order valence-electron chi connectivity index (χ1n) is 8.83. The minimum Gasteiger partial charge on any atom is -0.444 e. The lowest BCUT2D eigenvalue weighted by Gasteiger charge is -2.35. The summed E-state index contributed by atoms with van der Waals surface area (Å²) in [4.78, 5) is 28.0. The number of carbonyl (C=O) groups is 2. The van der Waals surface area contributed by atoms with Crippen LogP contribution in [0.25, 0.3) is 0 Å². The Morgan fingerprint density at radius 1 is 1.08 bits per heavy atom. The number of piperazine rings is 1. The molecular weight excluding hydrogens is 320 g/mol. The lowest BCUT2D eigenvalue weighted by atomic mass is 10.1. The predicted molar refractivity (Wildman–Crippen MR) is 95.4 cm³/mol. The van der Waals surface area contributed by atoms with Gasteiger partial charge in [-0.2, -0.15) is 5.10 Å². The number of aryl methyl sites for hydroxylation is 2. The summed E-state index contributed by atoms with van der Waals surface area (Å²) in [7, 11) is 1.92. The van der Waals surface area contributed by atoms with Crippen LogP contribution >= 0.6 is 0 Å². The van der Waals surface area contributed by atoms with E-state index in [2.05, 4.69) is 5.10 Å². The highest BCUT2D eigenvalue weighted by atomic mass is 16.6. The molecule has 0 atom stereocenters. The van der Waals surface area contributed by atoms with Crippen molar-refractivity contribution in [2.45, 2.75) is 53.1 Å². The number of ether oxygens (including phenoxy) is 1. The van der Waals surface area contributed by atoms with Crippen molar-refractivity contribution in [2.24, 2.45) is 7.05 Å². The summed E-state index contributed by atoms with van der Waals surface area (Å²) in [5.74, 6) is 0.131. The molecule has 1 aromatic heterocycles. The molecule has 0 bridgehead atoms. The molecule has 0 aromatic carbocycles. The highest BCUT2D eigenvalue weighted by molar-refractivity contribution is 5.77. The Morgan fingerprint density at radius 3 is 2.12 bits per heavy atom. The SMILES string of the molecule is Cc1nn(C)c(C)c1CCC(=O)N1CCN(C(=O)OC(C)(C)C)CC1. The van der Waals surface area contributed by atoms with E-state index in [1.54, 1.807) is 4.90 Å². The second-order valence-electron chi connectivity index (χ2n) is 7.62. The molecule has 0 radical (unpaired) electrons. The van der Waals surface area contributed by atoms with Gasteiger partial charge in [-0.25, -0.2) is 4.79 Å². The summed E-state index contributed by atoms with van der Waals surface area (Å²) in [5, 5.41) is 4.39. The molecule has 25 heavy (non-hydrogen) atoms. The molecule has 1 aromatic rings. The van der Waals surface area contributed by atoms with Gasteiger partial charge in [-0.15, -0.1) is 0 Å². The van der Waals surface area contributed by atoms with Gasteiger partial charge in [0, 0.05) is 45.3 Å². The van der Waals surface area contributed by atoms with Gasteiger partial charge in [-0.05, 0) is 46.6 Å². The van der Waals surface area contributed by atoms with Gasteiger partial charge in [0.25, 0.3) is 0 Å². The van der Waals surface area contributed by atoms with E-state index in [0.717, 1.165) is 17.0 Å². The van der Waals surface area contributed by atoms with Gasteiger partial charge in [0.05, 0.1) is 5.69 Å². The van der Waals surface area contributed by atoms with E-state index >= 15 is 0 Å². The average Bonchev–Trinajstić information content (AvgIpc) is 2.76. The summed E-state index contributed by atoms with van der Waals surface area (Å²) in [6.45, 7) is 11.7. The van der Waals surface area contributed by atoms with E-state index in [1.807, 2.05) is 51.2 Å². The third-order valence-electron chi connectivity index (χ3n) is 4.53. The fourth-order valence-corrected chi connectivity index (χ4v) is 3.03. The van der Waals surface area contributed by atoms with Crippen LogP contribution in [0.1, 0.15) is 44.1 Å². The third-order valence-corrected chi connectivity index (χ3v) is 4.53. The first kappa shape index (κ1) is 19.3. The first-order chi connectivity index (χ1) is 11.6. The smallest absolute Gasteiger partial charge is 0.410 e. The van der Waals surface area contributed by atoms with Crippen molar-refractivity contribution in [2.75, 3.05) is 26.2 Å². The normalized spacial score (nSPS) is 15.4. The molecule has 1 aliphatic rings. The van der Waals surface area contributed by atoms with Crippen molar-refractivity contribution in [3.63, 3.8) is 0 Å². The molecule has 1 fully saturated rings. The summed E-state index contributed by atoms with van der Waals surface area (Å²) in [6, 6.07) is 0. The summed E-state index contributed by atoms with van der Waals surface area (Å²) in [5.41, 5.74) is 2.76. The molecular formula is C18H30N4O3. The zero-order valence-electron chi connectivity index (χ0n) is 16.3. The van der Waals surface area contributed by atoms with Crippen LogP contribution < -0.4 is 0 Å². The second kappa shape index (κ2) is 7.45. The average molecular weight is 350 g/mol. The van der Waals surface area contributed by atoms with Crippen LogP contribution in [0.5, 0.6) is 0 Å². The number of aromatic nitrogens is 2. The summed E-state index contributed by atoms with van der Waals surface area (Å²) < 4.78 is 7.24. The Hall–Kier alpha value is -2.05. The molecule has 1 saturated heterocycles. The van der Waals surface area contributed by atoms with Crippen molar-refractivity contribution < 1.29 is 14.3 Å². The van der Waals surface area contributed by atoms with E-state index in [9.17, 15) is 9.59 Å². The third kappa shape index (κ3) is 4.96. The number of carbonyl (C=O) groups excluding carboxylic acids is 2. The molecule has 140 valence electrons. The summed E-state index contributed by atoms with van der Waals surface area (Å²) >= 11 is 0. The molecule has 0 saturated carbocycles. The van der Waals surface area contributed by atoms with Crippen LogP contribution in [-0.2, 0) is 23.0 Å². The number of hydrogen-bond donors (Lipinski definition) is 0. The Labute approximate surface area is 149 Å². The lowest BCUT2D eigenvalue weighted by Crippen LogP contribution is -2.51. The van der Waals surface area contributed by atoms with Crippen LogP contribution in [0.4, 0.5) is 4.79 Å². The number of hydrogen-bond acceptors (Lipinski definition) is 4. The van der Waals surface area contributed by atoms with E-state index in [-0.39, 0.29) is 12.0 Å². The number of nitrogens with zero attached hydrogens (tertiary/aromatic N) is 4. The maximum Gasteiger partial charge on any atom is 0.410 e. The van der Waals surface area contributed by atoms with Gasteiger partial charge in [0.15, 0.2) is 0 Å². The lowest BCUT2D eigenvalue weighted by molar-refractivity contribution is -0.132. The maximum atomic E-state index is 12.5. The molecule has 7 nitrogen and oxygen atoms in total. The molecule has 2 amide bonds. The van der Waals surface area contributed by atoms with Crippen molar-refractivity contribution in [1.82, 2.24) is 19.6 Å². The molecule has 1 aliphatic heterocycles. The topological polar surface area (TPSA) is 67.7 Å². The van der Waals surface area contributed by atoms with Crippen molar-refractivity contribution in [1.29, 1.82) is 0 Å². The maximum absolute atomic E-state index is 12.5. The van der Waals surface area contributed by atoms with Crippen LogP contribution in [0, 0.1) is 13.8 Å². The highest BCUT2D eigenvalue weighted by Gasteiger charge is 2.27. The first-order valence-corrected chi connectivity index (χ1v) is 8.83. The Bertz CT molecular complexity index is 637. The van der Waals surface area contributed by atoms with Gasteiger partial charge in [0.2, 0.25) is 5.91 Å². The molecule has 0 N–H and O–H groups in total. The standard InChI is InChI=1S/C18H30N4O3/c1-13-15(14(2)20(6)19-13)7-8-16(23)21-9-11-22(12-10-21)17(24)25-18(3,4)5/h7-12H2,1-6H3. The van der Waals surface area contributed by atoms with E-state index < -0.39 is 5.60 Å². The number of amides is 2. The van der Waals surface area contributed by atoms with Gasteiger partial charge < -0.3 is 14.5 Å². The molecule has 0 spiro atoms. The predicted octanol–water partition coefficient (Wildman–Crippen LogP) is 2.05. The molecule has 2 heterocycles. The number of rotatable bonds is 3. The monoisotopic (exact) mass is 350 g/mol. The molecule has 0 aliphatic carbocycles. The molecule has 7 heteroatoms. The Kier molecular flexibility index (Phi) is 5.75. The fourth-order valence-electron chi connectivity index (χ4n) is 3.03. The largest absolute Gasteiger partial charge is 0.444 e. The van der Waals surface area contributed by atoms with E-state index in [1.165, 1.54) is 0 Å². The van der Waals surface area contributed by atoms with Gasteiger partial charge in [-0.3, -0.25) is 9.48 Å². The van der Waals surface area contributed by atoms with Crippen molar-refractivity contribution in [3.8, 4) is 0 Å². The molecule has 2 rings (SSSR count). The Morgan fingerprint density at radius 2 is 1.64 bits per heavy atom. The highest BCUT2D eigenvalue weighted by Crippen LogP contribution is 2.16. The van der Waals surface area contributed by atoms with Crippen molar-refractivity contribution in [3.05, 3.63) is 17.0 Å². The minimum atomic E-state index is -0.497. The second-order valence-corrected chi connectivity index (χ2v) is 7.62. The quantitative estimate of drug-likeness (QED) is 0.837. The minimum absolute atomic E-state index is 0.131. The van der Waals surface area contributed by atoms with Gasteiger partial charge >= 0.3 is 6.09 Å². The van der Waals surface area contributed by atoms with Gasteiger partial charge in [-0.1, -0.05) is 0 Å². The van der Waals surface area contributed by atoms with Gasteiger partial charge in [0.1, 0.15) is 5.60 Å². The van der Waals surface area contributed by atoms with Crippen LogP contribution in [-0.4, -0.2) is 63.4 Å². The summed E-state index contributed by atoms with van der Waals surface area (Å²) in [6.07, 6.45) is 0.873.